The average molecular weight is 327 g/mol. The van der Waals surface area contributed by atoms with Crippen LogP contribution in [0.3, 0.4) is 0 Å². The van der Waals surface area contributed by atoms with Gasteiger partial charge in [0, 0.05) is 31.4 Å². The van der Waals surface area contributed by atoms with Crippen LogP contribution in [0.25, 0.3) is 0 Å². The van der Waals surface area contributed by atoms with E-state index in [-0.39, 0.29) is 6.10 Å². The fraction of sp³-hybridized carbons (Fsp3) is 0.421. The summed E-state index contributed by atoms with van der Waals surface area (Å²) in [5, 5.41) is 4.54. The van der Waals surface area contributed by atoms with Crippen LogP contribution in [0.1, 0.15) is 22.9 Å². The lowest BCUT2D eigenvalue weighted by molar-refractivity contribution is -0.0330. The highest BCUT2D eigenvalue weighted by Gasteiger charge is 2.23. The number of methoxy groups -OCH3 is 1. The third-order valence-corrected chi connectivity index (χ3v) is 4.40. The second-order valence-corrected chi connectivity index (χ2v) is 6.12. The summed E-state index contributed by atoms with van der Waals surface area (Å²) < 4.78 is 13.1. The number of aromatic nitrogens is 2. The van der Waals surface area contributed by atoms with Crippen molar-refractivity contribution in [3.05, 3.63) is 59.9 Å². The third kappa shape index (κ3) is 3.86. The smallest absolute Gasteiger partial charge is 0.118 e. The molecule has 1 aromatic carbocycles. The third-order valence-electron chi connectivity index (χ3n) is 4.40. The SMILES string of the molecule is C=CCn1cc(CN2CCO[C@H](c3ccc(OC)cc3)C2)c(C)n1. The van der Waals surface area contributed by atoms with E-state index < -0.39 is 0 Å². The number of morpholine rings is 1. The van der Waals surface area contributed by atoms with Crippen molar-refractivity contribution in [1.29, 1.82) is 0 Å². The van der Waals surface area contributed by atoms with Gasteiger partial charge in [0.1, 0.15) is 5.75 Å². The predicted octanol–water partition coefficient (Wildman–Crippen LogP) is 2.96. The first-order valence-corrected chi connectivity index (χ1v) is 8.31. The monoisotopic (exact) mass is 327 g/mol. The Kier molecular flexibility index (Phi) is 5.33. The van der Waals surface area contributed by atoms with Crippen molar-refractivity contribution >= 4 is 0 Å². The van der Waals surface area contributed by atoms with Gasteiger partial charge in [-0.3, -0.25) is 9.58 Å². The van der Waals surface area contributed by atoms with Crippen molar-refractivity contribution in [3.63, 3.8) is 0 Å². The van der Waals surface area contributed by atoms with E-state index in [4.69, 9.17) is 9.47 Å². The summed E-state index contributed by atoms with van der Waals surface area (Å²) in [6, 6.07) is 8.14. The van der Waals surface area contributed by atoms with Crippen molar-refractivity contribution in [3.8, 4) is 5.75 Å². The van der Waals surface area contributed by atoms with Crippen LogP contribution in [-0.2, 0) is 17.8 Å². The molecule has 0 bridgehead atoms. The first-order chi connectivity index (χ1) is 11.7. The van der Waals surface area contributed by atoms with Gasteiger partial charge in [-0.15, -0.1) is 6.58 Å². The van der Waals surface area contributed by atoms with Crippen LogP contribution < -0.4 is 4.74 Å². The highest BCUT2D eigenvalue weighted by Crippen LogP contribution is 2.25. The molecule has 5 heteroatoms. The molecule has 1 aromatic heterocycles. The van der Waals surface area contributed by atoms with Gasteiger partial charge < -0.3 is 9.47 Å². The minimum Gasteiger partial charge on any atom is -0.497 e. The molecule has 2 aromatic rings. The first-order valence-electron chi connectivity index (χ1n) is 8.31. The highest BCUT2D eigenvalue weighted by atomic mass is 16.5. The van der Waals surface area contributed by atoms with Crippen molar-refractivity contribution in [2.24, 2.45) is 0 Å². The molecule has 0 saturated carbocycles. The number of rotatable bonds is 6. The Morgan fingerprint density at radius 3 is 2.88 bits per heavy atom. The zero-order valence-corrected chi connectivity index (χ0v) is 14.4. The van der Waals surface area contributed by atoms with E-state index in [2.05, 4.69) is 41.8 Å². The topological polar surface area (TPSA) is 39.5 Å². The molecule has 0 aliphatic carbocycles. The maximum atomic E-state index is 5.96. The maximum Gasteiger partial charge on any atom is 0.118 e. The molecule has 0 spiro atoms. The summed E-state index contributed by atoms with van der Waals surface area (Å²) in [6.07, 6.45) is 4.09. The van der Waals surface area contributed by atoms with E-state index in [9.17, 15) is 0 Å². The van der Waals surface area contributed by atoms with Crippen molar-refractivity contribution in [2.45, 2.75) is 26.1 Å². The van der Waals surface area contributed by atoms with Crippen LogP contribution in [0.2, 0.25) is 0 Å². The Balaban J connectivity index is 1.65. The summed E-state index contributed by atoms with van der Waals surface area (Å²) in [6.45, 7) is 10.1. The molecular formula is C19H25N3O2. The summed E-state index contributed by atoms with van der Waals surface area (Å²) in [7, 11) is 1.68. The van der Waals surface area contributed by atoms with Gasteiger partial charge in [-0.1, -0.05) is 18.2 Å². The fourth-order valence-electron chi connectivity index (χ4n) is 3.05. The van der Waals surface area contributed by atoms with E-state index in [1.54, 1.807) is 7.11 Å². The van der Waals surface area contributed by atoms with E-state index >= 15 is 0 Å². The number of aryl methyl sites for hydroxylation is 1. The van der Waals surface area contributed by atoms with Gasteiger partial charge in [-0.2, -0.15) is 5.10 Å². The molecule has 5 nitrogen and oxygen atoms in total. The molecule has 0 unspecified atom stereocenters. The Morgan fingerprint density at radius 2 is 2.17 bits per heavy atom. The molecule has 1 fully saturated rings. The number of nitrogens with zero attached hydrogens (tertiary/aromatic N) is 3. The normalized spacial score (nSPS) is 18.5. The Hall–Kier alpha value is -2.11. The highest BCUT2D eigenvalue weighted by molar-refractivity contribution is 5.29. The second-order valence-electron chi connectivity index (χ2n) is 6.12. The maximum absolute atomic E-state index is 5.96. The fourth-order valence-corrected chi connectivity index (χ4v) is 3.05. The minimum atomic E-state index is 0.105. The number of benzene rings is 1. The second kappa shape index (κ2) is 7.64. The quantitative estimate of drug-likeness (QED) is 0.765. The Labute approximate surface area is 143 Å². The van der Waals surface area contributed by atoms with Crippen molar-refractivity contribution < 1.29 is 9.47 Å². The largest absolute Gasteiger partial charge is 0.497 e. The predicted molar refractivity (Wildman–Crippen MR) is 94.1 cm³/mol. The zero-order valence-electron chi connectivity index (χ0n) is 14.4. The van der Waals surface area contributed by atoms with Crippen LogP contribution in [0, 0.1) is 6.92 Å². The molecule has 1 saturated heterocycles. The Morgan fingerprint density at radius 1 is 1.38 bits per heavy atom. The van der Waals surface area contributed by atoms with Gasteiger partial charge in [0.15, 0.2) is 0 Å². The van der Waals surface area contributed by atoms with Gasteiger partial charge in [0.05, 0.1) is 32.1 Å². The van der Waals surface area contributed by atoms with Gasteiger partial charge in [-0.25, -0.2) is 0 Å². The summed E-state index contributed by atoms with van der Waals surface area (Å²) in [4.78, 5) is 2.43. The van der Waals surface area contributed by atoms with Gasteiger partial charge in [-0.05, 0) is 24.6 Å². The van der Waals surface area contributed by atoms with Crippen molar-refractivity contribution in [1.82, 2.24) is 14.7 Å². The lowest BCUT2D eigenvalue weighted by Gasteiger charge is -2.33. The van der Waals surface area contributed by atoms with Crippen molar-refractivity contribution in [2.75, 3.05) is 26.8 Å². The summed E-state index contributed by atoms with van der Waals surface area (Å²) in [5.74, 6) is 0.872. The summed E-state index contributed by atoms with van der Waals surface area (Å²) in [5.41, 5.74) is 3.55. The number of ether oxygens (including phenoxy) is 2. The molecule has 128 valence electrons. The molecular weight excluding hydrogens is 302 g/mol. The van der Waals surface area contributed by atoms with E-state index in [1.165, 1.54) is 11.1 Å². The zero-order chi connectivity index (χ0) is 16.9. The molecule has 0 radical (unpaired) electrons. The standard InChI is InChI=1S/C19H25N3O2/c1-4-9-22-13-17(15(2)20-22)12-21-10-11-24-19(14-21)16-5-7-18(23-3)8-6-16/h4-8,13,19H,1,9-12,14H2,2-3H3/t19-/m0/s1. The molecule has 1 aliphatic heterocycles. The molecule has 0 amide bonds. The van der Waals surface area contributed by atoms with Crippen LogP contribution in [0.15, 0.2) is 43.1 Å². The molecule has 1 aliphatic rings. The Bertz CT molecular complexity index is 678. The molecule has 3 rings (SSSR count). The number of hydrogen-bond donors (Lipinski definition) is 0. The van der Waals surface area contributed by atoms with Crippen LogP contribution in [0.5, 0.6) is 5.75 Å². The van der Waals surface area contributed by atoms with Crippen LogP contribution in [-0.4, -0.2) is 41.5 Å². The first kappa shape index (κ1) is 16.7. The molecule has 2 heterocycles. The van der Waals surface area contributed by atoms with E-state index in [1.807, 2.05) is 22.9 Å². The van der Waals surface area contributed by atoms with Gasteiger partial charge >= 0.3 is 0 Å². The average Bonchev–Trinajstić information content (AvgIpc) is 2.95. The van der Waals surface area contributed by atoms with Crippen LogP contribution in [0.4, 0.5) is 0 Å². The van der Waals surface area contributed by atoms with Gasteiger partial charge in [0.25, 0.3) is 0 Å². The summed E-state index contributed by atoms with van der Waals surface area (Å²) >= 11 is 0. The molecule has 0 N–H and O–H groups in total. The van der Waals surface area contributed by atoms with E-state index in [0.717, 1.165) is 44.2 Å². The van der Waals surface area contributed by atoms with E-state index in [0.29, 0.717) is 0 Å². The number of hydrogen-bond acceptors (Lipinski definition) is 4. The molecule has 24 heavy (non-hydrogen) atoms. The van der Waals surface area contributed by atoms with Gasteiger partial charge in [0.2, 0.25) is 0 Å². The number of allylic oxidation sites excluding steroid dienone is 1. The molecule has 1 atom stereocenters. The van der Waals surface area contributed by atoms with Crippen LogP contribution >= 0.6 is 0 Å². The lowest BCUT2D eigenvalue weighted by Crippen LogP contribution is -2.37. The minimum absolute atomic E-state index is 0.105. The lowest BCUT2D eigenvalue weighted by atomic mass is 10.1.